The van der Waals surface area contributed by atoms with Crippen molar-refractivity contribution in [1.29, 1.82) is 0 Å². The van der Waals surface area contributed by atoms with Crippen LogP contribution in [0.15, 0.2) is 22.7 Å². The molecule has 5 nitrogen and oxygen atoms in total. The van der Waals surface area contributed by atoms with E-state index in [1.54, 1.807) is 0 Å². The highest BCUT2D eigenvalue weighted by atomic mass is 16.6. The van der Waals surface area contributed by atoms with Crippen LogP contribution in [0.5, 0.6) is 11.5 Å². The van der Waals surface area contributed by atoms with Crippen molar-refractivity contribution < 1.29 is 14.0 Å². The monoisotopic (exact) mass is 272 g/mol. The zero-order valence-corrected chi connectivity index (χ0v) is 11.1. The minimum Gasteiger partial charge on any atom is -0.486 e. The van der Waals surface area contributed by atoms with E-state index in [-0.39, 0.29) is 0 Å². The van der Waals surface area contributed by atoms with Crippen LogP contribution in [0.4, 0.5) is 5.82 Å². The number of fused-ring (bicyclic) bond motifs is 1. The molecule has 2 aliphatic rings. The fraction of sp³-hybridized carbons (Fsp3) is 0.400. The molecule has 0 amide bonds. The van der Waals surface area contributed by atoms with Gasteiger partial charge in [0.15, 0.2) is 17.3 Å². The summed E-state index contributed by atoms with van der Waals surface area (Å²) in [7, 11) is 0. The van der Waals surface area contributed by atoms with Gasteiger partial charge in [-0.2, -0.15) is 0 Å². The first-order valence-electron chi connectivity index (χ1n) is 6.95. The van der Waals surface area contributed by atoms with E-state index in [0.717, 1.165) is 40.7 Å². The largest absolute Gasteiger partial charge is 0.486 e. The maximum atomic E-state index is 5.97. The number of ether oxygens (including phenoxy) is 2. The molecule has 0 spiro atoms. The van der Waals surface area contributed by atoms with Gasteiger partial charge in [-0.25, -0.2) is 0 Å². The quantitative estimate of drug-likeness (QED) is 0.930. The number of hydrogen-bond donors (Lipinski definition) is 1. The molecule has 2 N–H and O–H groups in total. The first-order valence-corrected chi connectivity index (χ1v) is 6.95. The molecule has 4 rings (SSSR count). The molecule has 0 radical (unpaired) electrons. The highest BCUT2D eigenvalue weighted by Gasteiger charge is 2.27. The van der Waals surface area contributed by atoms with Crippen LogP contribution in [-0.2, 0) is 6.42 Å². The second kappa shape index (κ2) is 4.44. The molecule has 0 saturated heterocycles. The van der Waals surface area contributed by atoms with Crippen LogP contribution in [0.1, 0.15) is 18.6 Å². The molecule has 1 aliphatic carbocycles. The van der Waals surface area contributed by atoms with Gasteiger partial charge in [0, 0.05) is 6.42 Å². The zero-order valence-electron chi connectivity index (χ0n) is 11.1. The fourth-order valence-electron chi connectivity index (χ4n) is 2.57. The summed E-state index contributed by atoms with van der Waals surface area (Å²) < 4.78 is 16.6. The van der Waals surface area contributed by atoms with Crippen molar-refractivity contribution in [2.75, 3.05) is 18.9 Å². The van der Waals surface area contributed by atoms with Gasteiger partial charge in [-0.15, -0.1) is 0 Å². The maximum Gasteiger partial charge on any atom is 0.175 e. The molecular formula is C15H16N2O3. The standard InChI is InChI=1S/C15H16N2O3/c16-15-14(13(20-17-15)7-9-1-2-9)10-3-4-11-12(8-10)19-6-5-18-11/h3-4,8-9H,1-2,5-7H2,(H2,16,17). The van der Waals surface area contributed by atoms with Gasteiger partial charge in [0.25, 0.3) is 0 Å². The SMILES string of the molecule is Nc1noc(CC2CC2)c1-c1ccc2c(c1)OCCO2. The third-order valence-electron chi connectivity index (χ3n) is 3.79. The van der Waals surface area contributed by atoms with Gasteiger partial charge >= 0.3 is 0 Å². The fourth-order valence-corrected chi connectivity index (χ4v) is 2.57. The Morgan fingerprint density at radius 3 is 2.75 bits per heavy atom. The van der Waals surface area contributed by atoms with Crippen LogP contribution in [0.25, 0.3) is 11.1 Å². The Bertz CT molecular complexity index is 647. The molecule has 0 bridgehead atoms. The average molecular weight is 272 g/mol. The molecule has 0 atom stereocenters. The maximum absolute atomic E-state index is 5.97. The van der Waals surface area contributed by atoms with E-state index in [4.69, 9.17) is 19.7 Å². The molecule has 1 aliphatic heterocycles. The van der Waals surface area contributed by atoms with Gasteiger partial charge in [-0.1, -0.05) is 11.2 Å². The summed E-state index contributed by atoms with van der Waals surface area (Å²) in [6.07, 6.45) is 3.44. The van der Waals surface area contributed by atoms with Crippen LogP contribution >= 0.6 is 0 Å². The Morgan fingerprint density at radius 2 is 1.95 bits per heavy atom. The summed E-state index contributed by atoms with van der Waals surface area (Å²) in [6, 6.07) is 5.85. The van der Waals surface area contributed by atoms with Crippen LogP contribution in [0.2, 0.25) is 0 Å². The molecule has 1 aromatic carbocycles. The normalized spacial score (nSPS) is 17.2. The minimum absolute atomic E-state index is 0.442. The van der Waals surface area contributed by atoms with E-state index in [9.17, 15) is 0 Å². The summed E-state index contributed by atoms with van der Waals surface area (Å²) in [5.41, 5.74) is 7.84. The number of nitrogens with zero attached hydrogens (tertiary/aromatic N) is 1. The second-order valence-corrected chi connectivity index (χ2v) is 5.37. The summed E-state index contributed by atoms with van der Waals surface area (Å²) in [5.74, 6) is 3.57. The van der Waals surface area contributed by atoms with E-state index in [2.05, 4.69) is 5.16 Å². The number of benzene rings is 1. The Balaban J connectivity index is 1.74. The molecule has 2 aromatic rings. The number of hydrogen-bond acceptors (Lipinski definition) is 5. The number of nitrogens with two attached hydrogens (primary N) is 1. The van der Waals surface area contributed by atoms with Gasteiger partial charge in [0.05, 0.1) is 5.56 Å². The van der Waals surface area contributed by atoms with E-state index in [0.29, 0.717) is 19.0 Å². The molecule has 1 saturated carbocycles. The molecule has 2 heterocycles. The third-order valence-corrected chi connectivity index (χ3v) is 3.79. The lowest BCUT2D eigenvalue weighted by Crippen LogP contribution is -2.15. The van der Waals surface area contributed by atoms with Crippen LogP contribution < -0.4 is 15.2 Å². The highest BCUT2D eigenvalue weighted by molar-refractivity contribution is 5.77. The van der Waals surface area contributed by atoms with Crippen molar-refractivity contribution >= 4 is 5.82 Å². The Labute approximate surface area is 116 Å². The number of rotatable bonds is 3. The second-order valence-electron chi connectivity index (χ2n) is 5.37. The molecule has 104 valence electrons. The molecule has 20 heavy (non-hydrogen) atoms. The molecule has 1 aromatic heterocycles. The number of aromatic nitrogens is 1. The topological polar surface area (TPSA) is 70.5 Å². The van der Waals surface area contributed by atoms with Gasteiger partial charge in [-0.05, 0) is 36.5 Å². The van der Waals surface area contributed by atoms with Crippen molar-refractivity contribution in [3.8, 4) is 22.6 Å². The lowest BCUT2D eigenvalue weighted by molar-refractivity contribution is 0.171. The van der Waals surface area contributed by atoms with Gasteiger partial charge in [0.1, 0.15) is 19.0 Å². The third kappa shape index (κ3) is 1.99. The van der Waals surface area contributed by atoms with Crippen molar-refractivity contribution in [2.45, 2.75) is 19.3 Å². The van der Waals surface area contributed by atoms with Crippen LogP contribution in [0.3, 0.4) is 0 Å². The summed E-state index contributed by atoms with van der Waals surface area (Å²) in [4.78, 5) is 0. The molecule has 5 heteroatoms. The number of nitrogen functional groups attached to an aromatic ring is 1. The van der Waals surface area contributed by atoms with E-state index < -0.39 is 0 Å². The van der Waals surface area contributed by atoms with Crippen LogP contribution in [-0.4, -0.2) is 18.4 Å². The first kappa shape index (κ1) is 11.6. The Hall–Kier alpha value is -2.17. The van der Waals surface area contributed by atoms with Gasteiger partial charge < -0.3 is 19.7 Å². The van der Waals surface area contributed by atoms with E-state index in [1.165, 1.54) is 12.8 Å². The summed E-state index contributed by atoms with van der Waals surface area (Å²) in [5, 5.41) is 3.92. The highest BCUT2D eigenvalue weighted by Crippen LogP contribution is 2.40. The van der Waals surface area contributed by atoms with Crippen molar-refractivity contribution in [3.05, 3.63) is 24.0 Å². The average Bonchev–Trinajstić information content (AvgIpc) is 3.21. The van der Waals surface area contributed by atoms with Crippen molar-refractivity contribution in [3.63, 3.8) is 0 Å². The number of anilines is 1. The molecule has 0 unspecified atom stereocenters. The van der Waals surface area contributed by atoms with Gasteiger partial charge in [-0.3, -0.25) is 0 Å². The minimum atomic E-state index is 0.442. The summed E-state index contributed by atoms with van der Waals surface area (Å²) in [6.45, 7) is 1.17. The Morgan fingerprint density at radius 1 is 1.15 bits per heavy atom. The smallest absolute Gasteiger partial charge is 0.175 e. The first-order chi connectivity index (χ1) is 9.81. The lowest BCUT2D eigenvalue weighted by atomic mass is 10.0. The van der Waals surface area contributed by atoms with Crippen LogP contribution in [0, 0.1) is 5.92 Å². The summed E-state index contributed by atoms with van der Waals surface area (Å²) >= 11 is 0. The van der Waals surface area contributed by atoms with E-state index in [1.807, 2.05) is 18.2 Å². The Kier molecular flexibility index (Phi) is 2.58. The zero-order chi connectivity index (χ0) is 13.5. The molecule has 1 fully saturated rings. The van der Waals surface area contributed by atoms with Crippen molar-refractivity contribution in [1.82, 2.24) is 5.16 Å². The van der Waals surface area contributed by atoms with Crippen molar-refractivity contribution in [2.24, 2.45) is 5.92 Å². The molecular weight excluding hydrogens is 256 g/mol. The lowest BCUT2D eigenvalue weighted by Gasteiger charge is -2.18. The van der Waals surface area contributed by atoms with E-state index >= 15 is 0 Å². The van der Waals surface area contributed by atoms with Gasteiger partial charge in [0.2, 0.25) is 0 Å². The predicted molar refractivity (Wildman–Crippen MR) is 73.8 cm³/mol. The predicted octanol–water partition coefficient (Wildman–Crippen LogP) is 2.65.